The van der Waals surface area contributed by atoms with Gasteiger partial charge in [0.25, 0.3) is 0 Å². The molecule has 1 fully saturated rings. The summed E-state index contributed by atoms with van der Waals surface area (Å²) in [6.07, 6.45) is 0.940. The van der Waals surface area contributed by atoms with Gasteiger partial charge in [-0.3, -0.25) is 4.79 Å². The van der Waals surface area contributed by atoms with Gasteiger partial charge in [-0.05, 0) is 18.6 Å². The average molecular weight is 204 g/mol. The van der Waals surface area contributed by atoms with Crippen molar-refractivity contribution >= 4 is 12.1 Å². The third kappa shape index (κ3) is 2.12. The highest BCUT2D eigenvalue weighted by atomic mass is 16.1. The topological polar surface area (TPSA) is 23.6 Å². The lowest BCUT2D eigenvalue weighted by Crippen LogP contribution is -2.45. The van der Waals surface area contributed by atoms with Gasteiger partial charge in [0.2, 0.25) is 6.41 Å². The van der Waals surface area contributed by atoms with E-state index in [0.29, 0.717) is 0 Å². The molecule has 1 aromatic carbocycles. The van der Waals surface area contributed by atoms with Crippen LogP contribution in [0.4, 0.5) is 5.69 Å². The number of benzene rings is 1. The van der Waals surface area contributed by atoms with Crippen molar-refractivity contribution < 1.29 is 4.79 Å². The Hall–Kier alpha value is -1.51. The van der Waals surface area contributed by atoms with Gasteiger partial charge in [0, 0.05) is 31.9 Å². The zero-order chi connectivity index (χ0) is 10.7. The van der Waals surface area contributed by atoms with E-state index in [1.54, 1.807) is 0 Å². The number of aryl methyl sites for hydroxylation is 1. The van der Waals surface area contributed by atoms with Crippen LogP contribution in [0.2, 0.25) is 0 Å². The fourth-order valence-corrected chi connectivity index (χ4v) is 1.99. The van der Waals surface area contributed by atoms with Crippen molar-refractivity contribution in [3.63, 3.8) is 0 Å². The summed E-state index contributed by atoms with van der Waals surface area (Å²) in [5.41, 5.74) is 2.60. The summed E-state index contributed by atoms with van der Waals surface area (Å²) in [5, 5.41) is 0. The van der Waals surface area contributed by atoms with Crippen LogP contribution in [0.15, 0.2) is 24.3 Å². The molecule has 1 heterocycles. The zero-order valence-corrected chi connectivity index (χ0v) is 9.02. The molecule has 1 aliphatic rings. The Bertz CT molecular complexity index is 343. The predicted molar refractivity (Wildman–Crippen MR) is 61.0 cm³/mol. The highest BCUT2D eigenvalue weighted by molar-refractivity contribution is 5.54. The van der Waals surface area contributed by atoms with Crippen LogP contribution < -0.4 is 4.90 Å². The Morgan fingerprint density at radius 3 is 2.40 bits per heavy atom. The van der Waals surface area contributed by atoms with Gasteiger partial charge in [-0.1, -0.05) is 18.2 Å². The van der Waals surface area contributed by atoms with E-state index in [2.05, 4.69) is 36.1 Å². The van der Waals surface area contributed by atoms with Crippen LogP contribution >= 0.6 is 0 Å². The highest BCUT2D eigenvalue weighted by Gasteiger charge is 2.16. The number of rotatable bonds is 2. The lowest BCUT2D eigenvalue weighted by molar-refractivity contribution is -0.118. The molecule has 0 radical (unpaired) electrons. The van der Waals surface area contributed by atoms with Crippen molar-refractivity contribution in [1.29, 1.82) is 0 Å². The number of carbonyl (C=O) groups is 1. The van der Waals surface area contributed by atoms with E-state index in [1.807, 2.05) is 4.90 Å². The highest BCUT2D eigenvalue weighted by Crippen LogP contribution is 2.20. The molecule has 0 bridgehead atoms. The molecule has 0 unspecified atom stereocenters. The number of amides is 1. The van der Waals surface area contributed by atoms with E-state index in [0.717, 1.165) is 32.6 Å². The molecule has 3 nitrogen and oxygen atoms in total. The summed E-state index contributed by atoms with van der Waals surface area (Å²) in [7, 11) is 0. The molecule has 1 saturated heterocycles. The van der Waals surface area contributed by atoms with Gasteiger partial charge in [-0.25, -0.2) is 0 Å². The minimum atomic E-state index is 0.831. The number of hydrogen-bond acceptors (Lipinski definition) is 2. The molecular formula is C12H16N2O. The van der Waals surface area contributed by atoms with Crippen molar-refractivity contribution in [2.45, 2.75) is 6.92 Å². The molecule has 1 aromatic rings. The maximum atomic E-state index is 10.6. The van der Waals surface area contributed by atoms with Crippen LogP contribution in [0.3, 0.4) is 0 Å². The van der Waals surface area contributed by atoms with Gasteiger partial charge in [0.05, 0.1) is 0 Å². The van der Waals surface area contributed by atoms with Gasteiger partial charge in [-0.2, -0.15) is 0 Å². The summed E-state index contributed by atoms with van der Waals surface area (Å²) in [4.78, 5) is 14.7. The smallest absolute Gasteiger partial charge is 0.209 e. The Morgan fingerprint density at radius 2 is 1.80 bits per heavy atom. The van der Waals surface area contributed by atoms with Crippen molar-refractivity contribution in [1.82, 2.24) is 4.90 Å². The van der Waals surface area contributed by atoms with Crippen molar-refractivity contribution in [2.75, 3.05) is 31.1 Å². The lowest BCUT2D eigenvalue weighted by Gasteiger charge is -2.34. The SMILES string of the molecule is Cc1ccccc1N1CCN(C=O)CC1. The number of nitrogens with zero attached hydrogens (tertiary/aromatic N) is 2. The van der Waals surface area contributed by atoms with Crippen LogP contribution in [-0.2, 0) is 4.79 Å². The molecule has 15 heavy (non-hydrogen) atoms. The molecule has 0 aromatic heterocycles. The molecule has 1 amide bonds. The summed E-state index contributed by atoms with van der Waals surface area (Å²) >= 11 is 0. The van der Waals surface area contributed by atoms with E-state index in [9.17, 15) is 4.79 Å². The molecular weight excluding hydrogens is 188 g/mol. The quantitative estimate of drug-likeness (QED) is 0.677. The fraction of sp³-hybridized carbons (Fsp3) is 0.417. The second kappa shape index (κ2) is 4.34. The van der Waals surface area contributed by atoms with Crippen molar-refractivity contribution in [3.05, 3.63) is 29.8 Å². The molecule has 2 rings (SSSR count). The van der Waals surface area contributed by atoms with Gasteiger partial charge in [-0.15, -0.1) is 0 Å². The normalized spacial score (nSPS) is 16.6. The fourth-order valence-electron chi connectivity index (χ4n) is 1.99. The number of piperazine rings is 1. The average Bonchev–Trinajstić information content (AvgIpc) is 2.30. The number of para-hydroxylation sites is 1. The van der Waals surface area contributed by atoms with E-state index in [4.69, 9.17) is 0 Å². The van der Waals surface area contributed by atoms with Crippen molar-refractivity contribution in [3.8, 4) is 0 Å². The largest absolute Gasteiger partial charge is 0.368 e. The Kier molecular flexibility index (Phi) is 2.90. The maximum Gasteiger partial charge on any atom is 0.209 e. The first kappa shape index (κ1) is 10.0. The Morgan fingerprint density at radius 1 is 1.13 bits per heavy atom. The van der Waals surface area contributed by atoms with Gasteiger partial charge in [0.15, 0.2) is 0 Å². The number of carbonyl (C=O) groups excluding carboxylic acids is 1. The first-order valence-electron chi connectivity index (χ1n) is 5.31. The summed E-state index contributed by atoms with van der Waals surface area (Å²) < 4.78 is 0. The second-order valence-corrected chi connectivity index (χ2v) is 3.91. The second-order valence-electron chi connectivity index (χ2n) is 3.91. The molecule has 3 heteroatoms. The summed E-state index contributed by atoms with van der Waals surface area (Å²) in [5.74, 6) is 0. The van der Waals surface area contributed by atoms with Gasteiger partial charge < -0.3 is 9.80 Å². The van der Waals surface area contributed by atoms with Crippen LogP contribution in [0.5, 0.6) is 0 Å². The number of anilines is 1. The molecule has 0 atom stereocenters. The van der Waals surface area contributed by atoms with Crippen molar-refractivity contribution in [2.24, 2.45) is 0 Å². The predicted octanol–water partition coefficient (Wildman–Crippen LogP) is 1.27. The molecule has 0 N–H and O–H groups in total. The zero-order valence-electron chi connectivity index (χ0n) is 9.02. The lowest BCUT2D eigenvalue weighted by atomic mass is 10.1. The van der Waals surface area contributed by atoms with Crippen LogP contribution in [0.1, 0.15) is 5.56 Å². The van der Waals surface area contributed by atoms with E-state index < -0.39 is 0 Å². The van der Waals surface area contributed by atoms with E-state index >= 15 is 0 Å². The van der Waals surface area contributed by atoms with E-state index in [-0.39, 0.29) is 0 Å². The molecule has 0 aliphatic carbocycles. The minimum absolute atomic E-state index is 0.831. The molecule has 0 spiro atoms. The van der Waals surface area contributed by atoms with E-state index in [1.165, 1.54) is 11.3 Å². The summed E-state index contributed by atoms with van der Waals surface area (Å²) in [6.45, 7) is 5.66. The number of hydrogen-bond donors (Lipinski definition) is 0. The van der Waals surface area contributed by atoms with Crippen LogP contribution in [0.25, 0.3) is 0 Å². The van der Waals surface area contributed by atoms with Gasteiger partial charge in [0.1, 0.15) is 0 Å². The molecule has 0 saturated carbocycles. The Labute approximate surface area is 90.3 Å². The summed E-state index contributed by atoms with van der Waals surface area (Å²) in [6, 6.07) is 8.39. The third-order valence-corrected chi connectivity index (χ3v) is 2.92. The van der Waals surface area contributed by atoms with Crippen LogP contribution in [-0.4, -0.2) is 37.5 Å². The first-order chi connectivity index (χ1) is 7.31. The van der Waals surface area contributed by atoms with Crippen LogP contribution in [0, 0.1) is 6.92 Å². The van der Waals surface area contributed by atoms with Gasteiger partial charge >= 0.3 is 0 Å². The molecule has 80 valence electrons. The first-order valence-corrected chi connectivity index (χ1v) is 5.31. The Balaban J connectivity index is 2.07. The molecule has 1 aliphatic heterocycles. The third-order valence-electron chi connectivity index (χ3n) is 2.92. The minimum Gasteiger partial charge on any atom is -0.368 e. The maximum absolute atomic E-state index is 10.6. The monoisotopic (exact) mass is 204 g/mol. The standard InChI is InChI=1S/C12H16N2O/c1-11-4-2-3-5-12(11)14-8-6-13(10-15)7-9-14/h2-5,10H,6-9H2,1H3.